The second kappa shape index (κ2) is 13.3. The van der Waals surface area contributed by atoms with Crippen molar-refractivity contribution in [2.75, 3.05) is 4.90 Å². The van der Waals surface area contributed by atoms with Crippen LogP contribution in [0.3, 0.4) is 0 Å². The predicted octanol–water partition coefficient (Wildman–Crippen LogP) is 16.8. The molecule has 272 valence electrons. The summed E-state index contributed by atoms with van der Waals surface area (Å²) in [5.41, 5.74) is 12.4. The van der Waals surface area contributed by atoms with Gasteiger partial charge in [-0.1, -0.05) is 127 Å². The number of thiophene rings is 2. The SMILES string of the molecule is c1ccc(-c2ccc(N(c3ccc(-c4ccc5oc6ccccc6c5c4)cc3)c3ccc(-c4ccc5sc6ccccc6c5c4)cc3)c3sc4ccccc4c23)cc1. The van der Waals surface area contributed by atoms with E-state index in [1.54, 1.807) is 0 Å². The van der Waals surface area contributed by atoms with E-state index in [0.717, 1.165) is 50.1 Å². The summed E-state index contributed by atoms with van der Waals surface area (Å²) in [6.45, 7) is 0. The number of anilines is 3. The van der Waals surface area contributed by atoms with Gasteiger partial charge < -0.3 is 9.32 Å². The Bertz CT molecular complexity index is 3340. The molecule has 58 heavy (non-hydrogen) atoms. The Morgan fingerprint density at radius 1 is 0.345 bits per heavy atom. The van der Waals surface area contributed by atoms with Crippen molar-refractivity contribution in [3.05, 3.63) is 200 Å². The number of rotatable bonds is 6. The highest BCUT2D eigenvalue weighted by molar-refractivity contribution is 7.26. The minimum absolute atomic E-state index is 0.908. The first-order chi connectivity index (χ1) is 28.7. The summed E-state index contributed by atoms with van der Waals surface area (Å²) in [4.78, 5) is 2.43. The molecule has 4 heteroatoms. The van der Waals surface area contributed by atoms with Gasteiger partial charge in [-0.3, -0.25) is 0 Å². The fourth-order valence-electron chi connectivity index (χ4n) is 8.69. The molecule has 2 nitrogen and oxygen atoms in total. The molecule has 0 aliphatic carbocycles. The van der Waals surface area contributed by atoms with Crippen LogP contribution in [0.4, 0.5) is 17.1 Å². The maximum absolute atomic E-state index is 6.15. The van der Waals surface area contributed by atoms with Crippen LogP contribution in [0.2, 0.25) is 0 Å². The Morgan fingerprint density at radius 3 is 1.64 bits per heavy atom. The van der Waals surface area contributed by atoms with Crippen molar-refractivity contribution >= 4 is 102 Å². The highest BCUT2D eigenvalue weighted by Gasteiger charge is 2.21. The standard InChI is InChI=1S/C54H33NOS2/c1-2-10-36(11-3-1)41-28-29-47(54-53(41)44-14-6-9-17-51(44)58-54)55(39-24-18-34(19-25-39)37-22-30-49-45(32-37)42-12-4-7-15-48(42)56-49)40-26-20-35(21-27-40)38-23-31-52-46(33-38)43-13-5-8-16-50(43)57-52/h1-33H. The molecule has 0 aliphatic rings. The highest BCUT2D eigenvalue weighted by Crippen LogP contribution is 2.49. The fraction of sp³-hybridized carbons (Fsp3) is 0. The Morgan fingerprint density at radius 2 is 0.897 bits per heavy atom. The summed E-state index contributed by atoms with van der Waals surface area (Å²) >= 11 is 3.73. The van der Waals surface area contributed by atoms with Crippen molar-refractivity contribution in [3.63, 3.8) is 0 Å². The van der Waals surface area contributed by atoms with Crippen LogP contribution in [0.1, 0.15) is 0 Å². The zero-order chi connectivity index (χ0) is 38.2. The Balaban J connectivity index is 1.01. The minimum atomic E-state index is 0.908. The van der Waals surface area contributed by atoms with Crippen LogP contribution in [0, 0.1) is 0 Å². The third-order valence-corrected chi connectivity index (χ3v) is 13.8. The summed E-state index contributed by atoms with van der Waals surface area (Å²) in [7, 11) is 0. The van der Waals surface area contributed by atoms with Gasteiger partial charge in [0.05, 0.1) is 10.4 Å². The van der Waals surface area contributed by atoms with Crippen LogP contribution >= 0.6 is 22.7 Å². The van der Waals surface area contributed by atoms with Crippen molar-refractivity contribution in [2.24, 2.45) is 0 Å². The van der Waals surface area contributed by atoms with Crippen molar-refractivity contribution < 1.29 is 4.42 Å². The molecular formula is C54H33NOS2. The molecule has 12 rings (SSSR count). The molecule has 12 aromatic rings. The smallest absolute Gasteiger partial charge is 0.135 e. The van der Waals surface area contributed by atoms with Gasteiger partial charge in [0.1, 0.15) is 11.2 Å². The first-order valence-corrected chi connectivity index (χ1v) is 21.2. The van der Waals surface area contributed by atoms with Crippen LogP contribution in [0.15, 0.2) is 205 Å². The molecule has 0 amide bonds. The monoisotopic (exact) mass is 775 g/mol. The van der Waals surface area contributed by atoms with E-state index < -0.39 is 0 Å². The van der Waals surface area contributed by atoms with Crippen LogP contribution in [0.25, 0.3) is 95.7 Å². The molecule has 0 N–H and O–H groups in total. The van der Waals surface area contributed by atoms with Crippen LogP contribution in [-0.2, 0) is 0 Å². The lowest BCUT2D eigenvalue weighted by atomic mass is 9.98. The van der Waals surface area contributed by atoms with Gasteiger partial charge in [0.15, 0.2) is 0 Å². The van der Waals surface area contributed by atoms with Crippen LogP contribution < -0.4 is 4.90 Å². The third kappa shape index (κ3) is 5.37. The van der Waals surface area contributed by atoms with Gasteiger partial charge in [-0.25, -0.2) is 0 Å². The fourth-order valence-corrected chi connectivity index (χ4v) is 11.0. The Labute approximate surface area is 343 Å². The number of para-hydroxylation sites is 1. The van der Waals surface area contributed by atoms with Gasteiger partial charge in [0, 0.05) is 57.8 Å². The second-order valence-electron chi connectivity index (χ2n) is 14.8. The number of fused-ring (bicyclic) bond motifs is 9. The maximum Gasteiger partial charge on any atom is 0.135 e. The molecule has 0 radical (unpaired) electrons. The van der Waals surface area contributed by atoms with Gasteiger partial charge in [-0.05, 0) is 106 Å². The van der Waals surface area contributed by atoms with E-state index in [1.807, 2.05) is 34.8 Å². The van der Waals surface area contributed by atoms with Crippen molar-refractivity contribution in [1.29, 1.82) is 0 Å². The molecular weight excluding hydrogens is 743 g/mol. The molecule has 3 aromatic heterocycles. The molecule has 0 unspecified atom stereocenters. The molecule has 0 aliphatic heterocycles. The number of hydrogen-bond donors (Lipinski definition) is 0. The summed E-state index contributed by atoms with van der Waals surface area (Å²) in [6, 6.07) is 72.8. The summed E-state index contributed by atoms with van der Waals surface area (Å²) in [5, 5.41) is 7.48. The zero-order valence-electron chi connectivity index (χ0n) is 31.2. The van der Waals surface area contributed by atoms with Gasteiger partial charge in [-0.2, -0.15) is 0 Å². The topological polar surface area (TPSA) is 16.4 Å². The number of hydrogen-bond acceptors (Lipinski definition) is 4. The van der Waals surface area contributed by atoms with E-state index in [4.69, 9.17) is 4.42 Å². The average molecular weight is 776 g/mol. The summed E-state index contributed by atoms with van der Waals surface area (Å²) < 4.78 is 11.3. The maximum atomic E-state index is 6.15. The summed E-state index contributed by atoms with van der Waals surface area (Å²) in [6.07, 6.45) is 0. The number of nitrogens with zero attached hydrogens (tertiary/aromatic N) is 1. The Hall–Kier alpha value is -6.98. The summed E-state index contributed by atoms with van der Waals surface area (Å²) in [5.74, 6) is 0. The normalized spacial score (nSPS) is 11.8. The average Bonchev–Trinajstić information content (AvgIpc) is 3.99. The third-order valence-electron chi connectivity index (χ3n) is 11.5. The van der Waals surface area contributed by atoms with Gasteiger partial charge in [-0.15, -0.1) is 22.7 Å². The van der Waals surface area contributed by atoms with Crippen LogP contribution in [0.5, 0.6) is 0 Å². The lowest BCUT2D eigenvalue weighted by Crippen LogP contribution is -2.10. The lowest BCUT2D eigenvalue weighted by molar-refractivity contribution is 0.669. The molecule has 0 atom stereocenters. The van der Waals surface area contributed by atoms with E-state index in [1.165, 1.54) is 62.6 Å². The first kappa shape index (κ1) is 33.2. The van der Waals surface area contributed by atoms with Gasteiger partial charge >= 0.3 is 0 Å². The molecule has 0 bridgehead atoms. The highest BCUT2D eigenvalue weighted by atomic mass is 32.1. The Kier molecular flexibility index (Phi) is 7.62. The largest absolute Gasteiger partial charge is 0.456 e. The molecule has 3 heterocycles. The molecule has 0 saturated heterocycles. The predicted molar refractivity (Wildman–Crippen MR) is 250 cm³/mol. The molecule has 0 spiro atoms. The number of furan rings is 1. The zero-order valence-corrected chi connectivity index (χ0v) is 32.9. The van der Waals surface area contributed by atoms with Gasteiger partial charge in [0.2, 0.25) is 0 Å². The molecule has 9 aromatic carbocycles. The number of benzene rings is 9. The molecule has 0 fully saturated rings. The lowest BCUT2D eigenvalue weighted by Gasteiger charge is -2.27. The van der Waals surface area contributed by atoms with Crippen LogP contribution in [-0.4, -0.2) is 0 Å². The van der Waals surface area contributed by atoms with E-state index in [9.17, 15) is 0 Å². The van der Waals surface area contributed by atoms with E-state index in [2.05, 4.69) is 193 Å². The first-order valence-electron chi connectivity index (χ1n) is 19.6. The molecule has 0 saturated carbocycles. The van der Waals surface area contributed by atoms with Crippen molar-refractivity contribution in [2.45, 2.75) is 0 Å². The minimum Gasteiger partial charge on any atom is -0.456 e. The van der Waals surface area contributed by atoms with Crippen molar-refractivity contribution in [1.82, 2.24) is 0 Å². The van der Waals surface area contributed by atoms with Gasteiger partial charge in [0.25, 0.3) is 0 Å². The second-order valence-corrected chi connectivity index (χ2v) is 17.0. The quantitative estimate of drug-likeness (QED) is 0.167. The van der Waals surface area contributed by atoms with E-state index in [0.29, 0.717) is 0 Å². The van der Waals surface area contributed by atoms with E-state index >= 15 is 0 Å². The van der Waals surface area contributed by atoms with E-state index in [-0.39, 0.29) is 0 Å². The van der Waals surface area contributed by atoms with Crippen molar-refractivity contribution in [3.8, 4) is 33.4 Å².